The molecule has 0 aliphatic rings. The van der Waals surface area contributed by atoms with E-state index in [2.05, 4.69) is 25.9 Å². The number of aromatic nitrogens is 2. The van der Waals surface area contributed by atoms with Crippen LogP contribution in [0.4, 0.5) is 10.3 Å². The number of halogens is 2. The predicted molar refractivity (Wildman–Crippen MR) is 53.3 cm³/mol. The Kier molecular flexibility index (Phi) is 1.99. The van der Waals surface area contributed by atoms with Crippen LogP contribution in [0.25, 0.3) is 10.9 Å². The number of anilines is 1. The highest BCUT2D eigenvalue weighted by Crippen LogP contribution is 2.31. The molecule has 0 spiro atoms. The summed E-state index contributed by atoms with van der Waals surface area (Å²) in [5.41, 5.74) is 5.74. The molecule has 1 aromatic heterocycles. The SMILES string of the molecule is Nc1ncc2c(O)c(F)c(Br)cc2n1. The molecule has 1 aromatic carbocycles. The van der Waals surface area contributed by atoms with Gasteiger partial charge in [-0.3, -0.25) is 0 Å². The van der Waals surface area contributed by atoms with Crippen LogP contribution in [0, 0.1) is 5.82 Å². The van der Waals surface area contributed by atoms with Crippen molar-refractivity contribution >= 4 is 32.8 Å². The Morgan fingerprint density at radius 1 is 1.50 bits per heavy atom. The highest BCUT2D eigenvalue weighted by molar-refractivity contribution is 9.10. The molecule has 0 fully saturated rings. The van der Waals surface area contributed by atoms with Crippen LogP contribution in [0.2, 0.25) is 0 Å². The van der Waals surface area contributed by atoms with Crippen LogP contribution in [0.3, 0.4) is 0 Å². The van der Waals surface area contributed by atoms with Gasteiger partial charge in [-0.2, -0.15) is 0 Å². The van der Waals surface area contributed by atoms with Gasteiger partial charge in [-0.1, -0.05) is 0 Å². The monoisotopic (exact) mass is 257 g/mol. The van der Waals surface area contributed by atoms with Gasteiger partial charge in [0.25, 0.3) is 0 Å². The van der Waals surface area contributed by atoms with Gasteiger partial charge in [0, 0.05) is 6.20 Å². The molecule has 0 aliphatic carbocycles. The molecule has 0 radical (unpaired) electrons. The Morgan fingerprint density at radius 3 is 2.93 bits per heavy atom. The van der Waals surface area contributed by atoms with E-state index in [-0.39, 0.29) is 15.8 Å². The molecule has 0 saturated carbocycles. The number of phenolic OH excluding ortho intramolecular Hbond substituents is 1. The normalized spacial score (nSPS) is 10.7. The van der Waals surface area contributed by atoms with Crippen molar-refractivity contribution in [3.8, 4) is 5.75 Å². The molecule has 0 bridgehead atoms. The second kappa shape index (κ2) is 3.06. The molecule has 0 saturated heterocycles. The smallest absolute Gasteiger partial charge is 0.220 e. The van der Waals surface area contributed by atoms with E-state index in [9.17, 15) is 9.50 Å². The maximum absolute atomic E-state index is 13.2. The molecule has 2 aromatic rings. The Labute approximate surface area is 86.7 Å². The molecule has 72 valence electrons. The van der Waals surface area contributed by atoms with Crippen LogP contribution < -0.4 is 5.73 Å². The number of fused-ring (bicyclic) bond motifs is 1. The van der Waals surface area contributed by atoms with Gasteiger partial charge in [0.15, 0.2) is 11.6 Å². The lowest BCUT2D eigenvalue weighted by Gasteiger charge is -2.03. The second-order valence-electron chi connectivity index (χ2n) is 2.68. The number of aromatic hydroxyl groups is 1. The van der Waals surface area contributed by atoms with Gasteiger partial charge in [0.05, 0.1) is 15.4 Å². The largest absolute Gasteiger partial charge is 0.504 e. The summed E-state index contributed by atoms with van der Waals surface area (Å²) < 4.78 is 13.3. The Bertz CT molecular complexity index is 517. The summed E-state index contributed by atoms with van der Waals surface area (Å²) in [6.07, 6.45) is 1.28. The number of phenols is 1. The van der Waals surface area contributed by atoms with Crippen LogP contribution in [-0.4, -0.2) is 15.1 Å². The maximum Gasteiger partial charge on any atom is 0.220 e. The van der Waals surface area contributed by atoms with Crippen LogP contribution in [-0.2, 0) is 0 Å². The number of benzene rings is 1. The van der Waals surface area contributed by atoms with Gasteiger partial charge in [-0.25, -0.2) is 14.4 Å². The summed E-state index contributed by atoms with van der Waals surface area (Å²) >= 11 is 2.96. The van der Waals surface area contributed by atoms with Crippen LogP contribution in [0.1, 0.15) is 0 Å². The van der Waals surface area contributed by atoms with Gasteiger partial charge in [-0.15, -0.1) is 0 Å². The highest BCUT2D eigenvalue weighted by Gasteiger charge is 2.11. The molecule has 0 amide bonds. The Hall–Kier alpha value is -1.43. The zero-order valence-corrected chi connectivity index (χ0v) is 8.42. The van der Waals surface area contributed by atoms with E-state index in [0.717, 1.165) is 0 Å². The summed E-state index contributed by atoms with van der Waals surface area (Å²) in [6.45, 7) is 0. The number of rotatable bonds is 0. The fourth-order valence-corrected chi connectivity index (χ4v) is 1.52. The van der Waals surface area contributed by atoms with Gasteiger partial charge in [-0.05, 0) is 22.0 Å². The summed E-state index contributed by atoms with van der Waals surface area (Å²) in [7, 11) is 0. The number of hydrogen-bond acceptors (Lipinski definition) is 4. The van der Waals surface area contributed by atoms with E-state index in [0.29, 0.717) is 5.52 Å². The summed E-state index contributed by atoms with van der Waals surface area (Å²) in [6, 6.07) is 1.43. The second-order valence-corrected chi connectivity index (χ2v) is 3.54. The van der Waals surface area contributed by atoms with Crippen molar-refractivity contribution in [2.45, 2.75) is 0 Å². The first-order valence-corrected chi connectivity index (χ1v) is 4.48. The van der Waals surface area contributed by atoms with Gasteiger partial charge in [0.2, 0.25) is 5.95 Å². The first-order valence-electron chi connectivity index (χ1n) is 3.69. The minimum Gasteiger partial charge on any atom is -0.504 e. The Morgan fingerprint density at radius 2 is 2.21 bits per heavy atom. The lowest BCUT2D eigenvalue weighted by atomic mass is 10.2. The summed E-state index contributed by atoms with van der Waals surface area (Å²) in [5, 5.41) is 9.64. The van der Waals surface area contributed by atoms with Crippen molar-refractivity contribution in [3.05, 3.63) is 22.6 Å². The molecule has 0 atom stereocenters. The maximum atomic E-state index is 13.2. The fourth-order valence-electron chi connectivity index (χ4n) is 1.12. The first kappa shape index (κ1) is 9.14. The topological polar surface area (TPSA) is 72.0 Å². The zero-order valence-electron chi connectivity index (χ0n) is 6.83. The van der Waals surface area contributed by atoms with Gasteiger partial charge in [0.1, 0.15) is 0 Å². The lowest BCUT2D eigenvalue weighted by Crippen LogP contribution is -1.95. The van der Waals surface area contributed by atoms with Gasteiger partial charge >= 0.3 is 0 Å². The number of hydrogen-bond donors (Lipinski definition) is 2. The molecule has 6 heteroatoms. The third kappa shape index (κ3) is 1.27. The van der Waals surface area contributed by atoms with E-state index in [1.807, 2.05) is 0 Å². The molecular formula is C8H5BrFN3O. The lowest BCUT2D eigenvalue weighted by molar-refractivity contribution is 0.436. The first-order chi connectivity index (χ1) is 6.59. The van der Waals surface area contributed by atoms with Gasteiger partial charge < -0.3 is 10.8 Å². The summed E-state index contributed by atoms with van der Waals surface area (Å²) in [4.78, 5) is 7.51. The minimum atomic E-state index is -0.731. The van der Waals surface area contributed by atoms with Crippen molar-refractivity contribution in [3.63, 3.8) is 0 Å². The standard InChI is InChI=1S/C8H5BrFN3O/c9-4-1-5-3(7(14)6(4)10)2-12-8(11)13-5/h1-2,14H,(H2,11,12,13). The number of nitrogens with two attached hydrogens (primary N) is 1. The third-order valence-corrected chi connectivity index (χ3v) is 2.35. The summed E-state index contributed by atoms with van der Waals surface area (Å²) in [5.74, 6) is -1.13. The van der Waals surface area contributed by atoms with Crippen LogP contribution >= 0.6 is 15.9 Å². The molecular weight excluding hydrogens is 253 g/mol. The molecule has 0 aliphatic heterocycles. The highest BCUT2D eigenvalue weighted by atomic mass is 79.9. The zero-order chi connectivity index (χ0) is 10.3. The van der Waals surface area contributed by atoms with Crippen molar-refractivity contribution in [1.82, 2.24) is 9.97 Å². The number of nitrogen functional groups attached to an aromatic ring is 1. The molecule has 0 unspecified atom stereocenters. The van der Waals surface area contributed by atoms with E-state index in [1.165, 1.54) is 12.3 Å². The molecule has 1 heterocycles. The van der Waals surface area contributed by atoms with E-state index >= 15 is 0 Å². The van der Waals surface area contributed by atoms with Crippen LogP contribution in [0.15, 0.2) is 16.7 Å². The molecule has 2 rings (SSSR count). The molecule has 14 heavy (non-hydrogen) atoms. The predicted octanol–water partition coefficient (Wildman–Crippen LogP) is 1.82. The van der Waals surface area contributed by atoms with Crippen molar-refractivity contribution in [1.29, 1.82) is 0 Å². The quantitative estimate of drug-likeness (QED) is 0.755. The number of nitrogens with zero attached hydrogens (tertiary/aromatic N) is 2. The minimum absolute atomic E-state index is 0.0791. The molecule has 4 nitrogen and oxygen atoms in total. The third-order valence-electron chi connectivity index (χ3n) is 1.77. The Balaban J connectivity index is 2.91. The average molecular weight is 258 g/mol. The van der Waals surface area contributed by atoms with E-state index in [4.69, 9.17) is 5.73 Å². The average Bonchev–Trinajstić information content (AvgIpc) is 2.14. The van der Waals surface area contributed by atoms with E-state index in [1.54, 1.807) is 0 Å². The van der Waals surface area contributed by atoms with Crippen molar-refractivity contribution in [2.75, 3.05) is 5.73 Å². The van der Waals surface area contributed by atoms with Crippen molar-refractivity contribution in [2.24, 2.45) is 0 Å². The van der Waals surface area contributed by atoms with E-state index < -0.39 is 11.6 Å². The van der Waals surface area contributed by atoms with Crippen LogP contribution in [0.5, 0.6) is 5.75 Å². The van der Waals surface area contributed by atoms with Crippen molar-refractivity contribution < 1.29 is 9.50 Å². The fraction of sp³-hybridized carbons (Fsp3) is 0. The molecule has 3 N–H and O–H groups in total.